The van der Waals surface area contributed by atoms with Gasteiger partial charge in [0.05, 0.1) is 5.92 Å². The predicted molar refractivity (Wildman–Crippen MR) is 105 cm³/mol. The second-order valence-electron chi connectivity index (χ2n) is 7.21. The number of ketones is 1. The van der Waals surface area contributed by atoms with Crippen LogP contribution in [0.2, 0.25) is 0 Å². The van der Waals surface area contributed by atoms with E-state index in [2.05, 4.69) is 0 Å². The molecule has 0 radical (unpaired) electrons. The molecule has 0 aromatic heterocycles. The van der Waals surface area contributed by atoms with Crippen LogP contribution in [-0.4, -0.2) is 68.9 Å². The maximum atomic E-state index is 12.7. The lowest BCUT2D eigenvalue weighted by Crippen LogP contribution is -2.61. The van der Waals surface area contributed by atoms with Gasteiger partial charge in [-0.3, -0.25) is 9.59 Å². The molecule has 2 aromatic carbocycles. The second-order valence-corrected chi connectivity index (χ2v) is 7.21. The molecule has 0 aliphatic carbocycles. The summed E-state index contributed by atoms with van der Waals surface area (Å²) in [5.74, 6) is -3.63. The minimum atomic E-state index is -1.94. The third-order valence-electron chi connectivity index (χ3n) is 5.10. The van der Waals surface area contributed by atoms with Crippen molar-refractivity contribution in [1.82, 2.24) is 0 Å². The van der Waals surface area contributed by atoms with Crippen molar-refractivity contribution in [3.63, 3.8) is 0 Å². The number of carboxylic acid groups (broad SMARTS) is 1. The Morgan fingerprint density at radius 3 is 2.23 bits per heavy atom. The molecule has 164 valence electrons. The highest BCUT2D eigenvalue weighted by atomic mass is 16.7. The molecule has 0 unspecified atom stereocenters. The highest BCUT2D eigenvalue weighted by Crippen LogP contribution is 2.26. The zero-order valence-electron chi connectivity index (χ0n) is 16.5. The van der Waals surface area contributed by atoms with Crippen molar-refractivity contribution >= 4 is 17.7 Å². The number of carbonyl (C=O) groups is 3. The Kier molecular flexibility index (Phi) is 6.81. The van der Waals surface area contributed by atoms with E-state index in [0.717, 1.165) is 0 Å². The first-order valence-corrected chi connectivity index (χ1v) is 9.53. The van der Waals surface area contributed by atoms with Crippen LogP contribution in [0.4, 0.5) is 0 Å². The molecule has 1 heterocycles. The molecule has 0 spiro atoms. The number of hydrogen-bond donors (Lipinski definition) is 4. The summed E-state index contributed by atoms with van der Waals surface area (Å²) in [7, 11) is 0. The molecule has 1 fully saturated rings. The zero-order valence-corrected chi connectivity index (χ0v) is 16.5. The lowest BCUT2D eigenvalue weighted by molar-refractivity contribution is -0.283. The maximum absolute atomic E-state index is 12.7. The smallest absolute Gasteiger partial charge is 0.336 e. The number of benzene rings is 2. The first kappa shape index (κ1) is 22.6. The highest BCUT2D eigenvalue weighted by molar-refractivity contribution is 6.09. The molecule has 4 N–H and O–H groups in total. The molecule has 3 rings (SSSR count). The van der Waals surface area contributed by atoms with Crippen molar-refractivity contribution in [3.05, 3.63) is 71.3 Å². The molecule has 2 aromatic rings. The van der Waals surface area contributed by atoms with E-state index in [1.165, 1.54) is 13.0 Å². The molecule has 1 aliphatic rings. The van der Waals surface area contributed by atoms with Gasteiger partial charge in [0.2, 0.25) is 0 Å². The topological polar surface area (TPSA) is 151 Å². The largest absolute Gasteiger partial charge is 0.479 e. The van der Waals surface area contributed by atoms with Gasteiger partial charge in [0, 0.05) is 11.1 Å². The van der Waals surface area contributed by atoms with E-state index in [0.29, 0.717) is 16.7 Å². The maximum Gasteiger partial charge on any atom is 0.336 e. The normalized spacial score (nSPS) is 26.6. The number of carboxylic acids is 1. The SMILES string of the molecule is C[C@@H](C(=O)O[C@H]1[C@H](O)[C@@H](O)[C@H](O)O[C@@H]1C(=O)O)c1cccc(C(=O)c2ccccc2)c1. The van der Waals surface area contributed by atoms with E-state index in [1.54, 1.807) is 48.5 Å². The van der Waals surface area contributed by atoms with Gasteiger partial charge in [-0.2, -0.15) is 0 Å². The molecule has 31 heavy (non-hydrogen) atoms. The number of carbonyl (C=O) groups excluding carboxylic acids is 2. The van der Waals surface area contributed by atoms with Crippen molar-refractivity contribution in [2.45, 2.75) is 43.5 Å². The van der Waals surface area contributed by atoms with E-state index in [1.807, 2.05) is 0 Å². The summed E-state index contributed by atoms with van der Waals surface area (Å²) >= 11 is 0. The first-order valence-electron chi connectivity index (χ1n) is 9.53. The molecule has 0 amide bonds. The summed E-state index contributed by atoms with van der Waals surface area (Å²) in [6, 6.07) is 14.9. The molecule has 0 saturated carbocycles. The van der Waals surface area contributed by atoms with Gasteiger partial charge in [-0.25, -0.2) is 4.79 Å². The molecule has 9 heteroatoms. The predicted octanol–water partition coefficient (Wildman–Crippen LogP) is 0.456. The number of aliphatic hydroxyl groups is 3. The average molecular weight is 430 g/mol. The zero-order chi connectivity index (χ0) is 22.7. The van der Waals surface area contributed by atoms with E-state index in [9.17, 15) is 34.8 Å². The van der Waals surface area contributed by atoms with Gasteiger partial charge >= 0.3 is 11.9 Å². The Morgan fingerprint density at radius 1 is 0.935 bits per heavy atom. The molecule has 1 aliphatic heterocycles. The third-order valence-corrected chi connectivity index (χ3v) is 5.10. The van der Waals surface area contributed by atoms with Gasteiger partial charge in [0.25, 0.3) is 0 Å². The third kappa shape index (κ3) is 4.80. The Hall–Kier alpha value is -3.11. The summed E-state index contributed by atoms with van der Waals surface area (Å²) in [6.07, 6.45) is -9.26. The van der Waals surface area contributed by atoms with Crippen molar-refractivity contribution in [2.24, 2.45) is 0 Å². The summed E-state index contributed by atoms with van der Waals surface area (Å²) < 4.78 is 9.90. The highest BCUT2D eigenvalue weighted by Gasteiger charge is 2.49. The van der Waals surface area contributed by atoms with Crippen molar-refractivity contribution in [3.8, 4) is 0 Å². The van der Waals surface area contributed by atoms with Gasteiger partial charge in [0.15, 0.2) is 24.3 Å². The fourth-order valence-corrected chi connectivity index (χ4v) is 3.26. The van der Waals surface area contributed by atoms with Crippen molar-refractivity contribution in [2.75, 3.05) is 0 Å². The summed E-state index contributed by atoms with van der Waals surface area (Å²) in [6.45, 7) is 1.49. The van der Waals surface area contributed by atoms with Crippen molar-refractivity contribution < 1.29 is 44.3 Å². The van der Waals surface area contributed by atoms with Crippen LogP contribution in [0.25, 0.3) is 0 Å². The van der Waals surface area contributed by atoms with Crippen LogP contribution in [0.15, 0.2) is 54.6 Å². The average Bonchev–Trinajstić information content (AvgIpc) is 2.78. The Bertz CT molecular complexity index is 958. The summed E-state index contributed by atoms with van der Waals surface area (Å²) in [5, 5.41) is 38.6. The minimum Gasteiger partial charge on any atom is -0.479 e. The van der Waals surface area contributed by atoms with Crippen LogP contribution in [0.5, 0.6) is 0 Å². The monoisotopic (exact) mass is 430 g/mol. The van der Waals surface area contributed by atoms with Crippen molar-refractivity contribution in [1.29, 1.82) is 0 Å². The van der Waals surface area contributed by atoms with Crippen LogP contribution in [0, 0.1) is 0 Å². The number of aliphatic hydroxyl groups excluding tert-OH is 3. The van der Waals surface area contributed by atoms with Gasteiger partial charge in [0.1, 0.15) is 12.2 Å². The van der Waals surface area contributed by atoms with Crippen LogP contribution in [-0.2, 0) is 19.1 Å². The quantitative estimate of drug-likeness (QED) is 0.378. The Morgan fingerprint density at radius 2 is 1.58 bits per heavy atom. The van der Waals surface area contributed by atoms with Crippen LogP contribution in [0.1, 0.15) is 34.3 Å². The summed E-state index contributed by atoms with van der Waals surface area (Å²) in [5.41, 5.74) is 1.27. The first-order chi connectivity index (χ1) is 14.7. The Labute approximate surface area is 177 Å². The van der Waals surface area contributed by atoms with Gasteiger partial charge in [-0.05, 0) is 18.6 Å². The van der Waals surface area contributed by atoms with Crippen LogP contribution < -0.4 is 0 Å². The number of aliphatic carboxylic acids is 1. The van der Waals surface area contributed by atoms with E-state index in [-0.39, 0.29) is 5.78 Å². The fourth-order valence-electron chi connectivity index (χ4n) is 3.26. The standard InChI is InChI=1S/C22H22O9/c1-11(13-8-5-9-14(10-13)15(23)12-6-3-2-4-7-12)21(28)30-18-16(24)17(25)22(29)31-19(18)20(26)27/h2-11,16-19,22,24-25,29H,1H3,(H,26,27)/t11-,16-,17-,18+,19+,22-/m1/s1. The van der Waals surface area contributed by atoms with Gasteiger partial charge in [-0.1, -0.05) is 48.5 Å². The second kappa shape index (κ2) is 9.36. The molecule has 6 atom stereocenters. The van der Waals surface area contributed by atoms with Crippen LogP contribution in [0.3, 0.4) is 0 Å². The summed E-state index contributed by atoms with van der Waals surface area (Å²) in [4.78, 5) is 36.7. The number of rotatable bonds is 6. The van der Waals surface area contributed by atoms with Gasteiger partial charge in [-0.15, -0.1) is 0 Å². The van der Waals surface area contributed by atoms with Crippen LogP contribution >= 0.6 is 0 Å². The van der Waals surface area contributed by atoms with E-state index in [4.69, 9.17) is 9.47 Å². The molecule has 9 nitrogen and oxygen atoms in total. The molecule has 1 saturated heterocycles. The Balaban J connectivity index is 1.78. The van der Waals surface area contributed by atoms with E-state index < -0.39 is 48.6 Å². The van der Waals surface area contributed by atoms with Gasteiger partial charge < -0.3 is 29.9 Å². The lowest BCUT2D eigenvalue weighted by Gasteiger charge is -2.38. The van der Waals surface area contributed by atoms with E-state index >= 15 is 0 Å². The molecular weight excluding hydrogens is 408 g/mol. The number of ether oxygens (including phenoxy) is 2. The lowest BCUT2D eigenvalue weighted by atomic mass is 9.95. The number of esters is 1. The fraction of sp³-hybridized carbons (Fsp3) is 0.318. The molecular formula is C22H22O9. The molecule has 0 bridgehead atoms. The minimum absolute atomic E-state index is 0.234. The number of hydrogen-bond acceptors (Lipinski definition) is 8.